The Morgan fingerprint density at radius 1 is 1.18 bits per heavy atom. The summed E-state index contributed by atoms with van der Waals surface area (Å²) in [4.78, 5) is 31.6. The highest BCUT2D eigenvalue weighted by molar-refractivity contribution is 7.07. The first kappa shape index (κ1) is 25.9. The van der Waals surface area contributed by atoms with Gasteiger partial charge in [-0.25, -0.2) is 4.99 Å². The van der Waals surface area contributed by atoms with Crippen LogP contribution in [0.5, 0.6) is 11.5 Å². The van der Waals surface area contributed by atoms with Crippen molar-refractivity contribution in [2.75, 3.05) is 7.11 Å². The van der Waals surface area contributed by atoms with E-state index in [9.17, 15) is 22.8 Å². The highest BCUT2D eigenvalue weighted by Gasteiger charge is 2.55. The summed E-state index contributed by atoms with van der Waals surface area (Å²) in [5.41, 5.74) is -1.78. The number of benzene rings is 2. The van der Waals surface area contributed by atoms with Crippen molar-refractivity contribution < 1.29 is 36.6 Å². The maximum Gasteiger partial charge on any atom is 0.416 e. The van der Waals surface area contributed by atoms with Gasteiger partial charge in [-0.15, -0.1) is 0 Å². The number of fused-ring (bicyclic) bond motifs is 6. The van der Waals surface area contributed by atoms with E-state index in [2.05, 4.69) is 4.99 Å². The molecule has 206 valence electrons. The third kappa shape index (κ3) is 4.37. The summed E-state index contributed by atoms with van der Waals surface area (Å²) in [5.74, 6) is -0.158. The van der Waals surface area contributed by atoms with Crippen molar-refractivity contribution in [1.29, 1.82) is 0 Å². The lowest BCUT2D eigenvalue weighted by molar-refractivity contribution is -0.158. The highest BCUT2D eigenvalue weighted by Crippen LogP contribution is 2.47. The van der Waals surface area contributed by atoms with Crippen molar-refractivity contribution >= 4 is 23.4 Å². The van der Waals surface area contributed by atoms with Crippen molar-refractivity contribution in [3.63, 3.8) is 0 Å². The lowest BCUT2D eigenvalue weighted by atomic mass is 9.81. The second kappa shape index (κ2) is 9.40. The van der Waals surface area contributed by atoms with Gasteiger partial charge in [-0.2, -0.15) is 13.2 Å². The molecule has 2 aliphatic rings. The Morgan fingerprint density at radius 2 is 1.98 bits per heavy atom. The summed E-state index contributed by atoms with van der Waals surface area (Å²) >= 11 is 1.13. The van der Waals surface area contributed by atoms with Crippen molar-refractivity contribution in [1.82, 2.24) is 4.57 Å². The van der Waals surface area contributed by atoms with E-state index in [4.69, 9.17) is 18.6 Å². The first-order chi connectivity index (χ1) is 19.1. The Bertz CT molecular complexity index is 1810. The molecule has 0 saturated carbocycles. The third-order valence-electron chi connectivity index (χ3n) is 6.83. The number of hydrogen-bond acceptors (Lipinski definition) is 8. The molecule has 2 aromatic carbocycles. The Hall–Kier alpha value is -4.32. The number of halogens is 3. The summed E-state index contributed by atoms with van der Waals surface area (Å²) < 4.78 is 63.2. The summed E-state index contributed by atoms with van der Waals surface area (Å²) in [6.45, 7) is 1.58. The molecule has 4 aromatic rings. The molecule has 0 amide bonds. The summed E-state index contributed by atoms with van der Waals surface area (Å²) in [5, 5.41) is 0. The molecule has 0 unspecified atom stereocenters. The number of para-hydroxylation sites is 1. The minimum Gasteiger partial charge on any atom is -0.486 e. The van der Waals surface area contributed by atoms with Gasteiger partial charge in [0, 0.05) is 11.6 Å². The number of carbonyl (C=O) groups excluding carboxylic acids is 1. The Labute approximate surface area is 228 Å². The predicted molar refractivity (Wildman–Crippen MR) is 137 cm³/mol. The average molecular weight is 571 g/mol. The fourth-order valence-electron chi connectivity index (χ4n) is 5.03. The van der Waals surface area contributed by atoms with Crippen LogP contribution in [0, 0.1) is 5.92 Å². The van der Waals surface area contributed by atoms with Crippen LogP contribution in [0.4, 0.5) is 13.2 Å². The van der Waals surface area contributed by atoms with E-state index in [1.54, 1.807) is 49.4 Å². The standard InChI is InChI=1S/C28H21F3N2O6S/c1-27-22(25(35)36-2)23(19-8-3-4-9-20(19)39-27)33-24(34)21(40-26(33)32-27)13-17-10-11-18(38-17)14-37-16-7-5-6-15(12-16)28(29,30)31/h3-13,22-23H,14H2,1-2H3/b21-13+/t22-,23+,27+/m0/s1. The number of rotatable bonds is 5. The smallest absolute Gasteiger partial charge is 0.416 e. The van der Waals surface area contributed by atoms with E-state index in [1.165, 1.54) is 23.8 Å². The summed E-state index contributed by atoms with van der Waals surface area (Å²) in [6.07, 6.45) is -2.93. The van der Waals surface area contributed by atoms with Crippen LogP contribution in [0.2, 0.25) is 0 Å². The monoisotopic (exact) mass is 570 g/mol. The topological polar surface area (TPSA) is 92.3 Å². The number of methoxy groups -OCH3 is 1. The van der Waals surface area contributed by atoms with Crippen LogP contribution in [0.1, 0.15) is 35.6 Å². The molecule has 0 spiro atoms. The first-order valence-electron chi connectivity index (χ1n) is 12.1. The fraction of sp³-hybridized carbons (Fsp3) is 0.250. The van der Waals surface area contributed by atoms with Gasteiger partial charge in [0.25, 0.3) is 5.56 Å². The van der Waals surface area contributed by atoms with Gasteiger partial charge in [-0.1, -0.05) is 35.6 Å². The molecule has 2 aromatic heterocycles. The normalized spacial score (nSPS) is 21.6. The second-order valence-electron chi connectivity index (χ2n) is 9.44. The number of nitrogens with zero attached hydrogens (tertiary/aromatic N) is 2. The second-order valence-corrected chi connectivity index (χ2v) is 10.4. The van der Waals surface area contributed by atoms with Gasteiger partial charge >= 0.3 is 12.1 Å². The maximum absolute atomic E-state index is 13.7. The minimum absolute atomic E-state index is 0.0461. The third-order valence-corrected chi connectivity index (χ3v) is 7.82. The molecule has 8 nitrogen and oxygen atoms in total. The number of esters is 1. The number of carbonyl (C=O) groups is 1. The van der Waals surface area contributed by atoms with Gasteiger partial charge in [0.15, 0.2) is 4.80 Å². The highest BCUT2D eigenvalue weighted by atomic mass is 32.1. The van der Waals surface area contributed by atoms with Crippen molar-refractivity contribution in [3.05, 3.63) is 103 Å². The molecule has 2 bridgehead atoms. The fourth-order valence-corrected chi connectivity index (χ4v) is 6.11. The molecule has 0 fully saturated rings. The lowest BCUT2D eigenvalue weighted by Crippen LogP contribution is -2.58. The molecule has 6 rings (SSSR count). The van der Waals surface area contributed by atoms with Crippen molar-refractivity contribution in [2.45, 2.75) is 31.5 Å². The van der Waals surface area contributed by atoms with E-state index in [1.807, 2.05) is 0 Å². The molecule has 0 radical (unpaired) electrons. The van der Waals surface area contributed by atoms with Crippen LogP contribution in [-0.2, 0) is 22.3 Å². The van der Waals surface area contributed by atoms with E-state index in [0.29, 0.717) is 32.2 Å². The van der Waals surface area contributed by atoms with Crippen LogP contribution in [0.25, 0.3) is 6.08 Å². The van der Waals surface area contributed by atoms with Gasteiger partial charge in [0.05, 0.1) is 23.2 Å². The predicted octanol–water partition coefficient (Wildman–Crippen LogP) is 4.05. The molecule has 0 saturated heterocycles. The average Bonchev–Trinajstić information content (AvgIpc) is 3.49. The van der Waals surface area contributed by atoms with Gasteiger partial charge in [-0.05, 0) is 43.3 Å². The minimum atomic E-state index is -4.48. The van der Waals surface area contributed by atoms with Crippen LogP contribution >= 0.6 is 11.3 Å². The molecule has 3 atom stereocenters. The molecule has 4 heterocycles. The maximum atomic E-state index is 13.7. The lowest BCUT2D eigenvalue weighted by Gasteiger charge is -2.44. The number of ether oxygens (including phenoxy) is 3. The van der Waals surface area contributed by atoms with Crippen LogP contribution in [0.3, 0.4) is 0 Å². The molecule has 12 heteroatoms. The van der Waals surface area contributed by atoms with Gasteiger partial charge < -0.3 is 18.6 Å². The van der Waals surface area contributed by atoms with E-state index in [0.717, 1.165) is 23.5 Å². The number of alkyl halides is 3. The quantitative estimate of drug-likeness (QED) is 0.337. The number of furan rings is 1. The molecular weight excluding hydrogens is 549 g/mol. The van der Waals surface area contributed by atoms with Crippen LogP contribution in [-0.4, -0.2) is 23.4 Å². The number of thiazole rings is 1. The van der Waals surface area contributed by atoms with Gasteiger partial charge in [-0.3, -0.25) is 14.2 Å². The van der Waals surface area contributed by atoms with Crippen molar-refractivity contribution in [2.24, 2.45) is 10.9 Å². The van der Waals surface area contributed by atoms with Gasteiger partial charge in [0.2, 0.25) is 5.72 Å². The van der Waals surface area contributed by atoms with E-state index >= 15 is 0 Å². The zero-order valence-electron chi connectivity index (χ0n) is 21.1. The van der Waals surface area contributed by atoms with E-state index in [-0.39, 0.29) is 17.9 Å². The Kier molecular flexibility index (Phi) is 6.10. The SMILES string of the molecule is COC(=O)[C@@H]1[C@H]2c3ccccc3O[C@@]1(C)N=c1s/c(=C/c3ccc(COc4cccc(C(F)(F)F)c4)o3)c(=O)n12. The van der Waals surface area contributed by atoms with Crippen LogP contribution < -0.4 is 24.4 Å². The van der Waals surface area contributed by atoms with Gasteiger partial charge in [0.1, 0.15) is 35.5 Å². The summed E-state index contributed by atoms with van der Waals surface area (Å²) in [7, 11) is 1.28. The zero-order valence-corrected chi connectivity index (χ0v) is 21.9. The molecule has 2 aliphatic heterocycles. The number of aromatic nitrogens is 1. The molecule has 0 N–H and O–H groups in total. The Balaban J connectivity index is 1.33. The molecule has 40 heavy (non-hydrogen) atoms. The molecular formula is C28H21F3N2O6S. The Morgan fingerprint density at radius 3 is 2.75 bits per heavy atom. The number of hydrogen-bond donors (Lipinski definition) is 0. The first-order valence-corrected chi connectivity index (χ1v) is 13.0. The molecule has 0 aliphatic carbocycles. The zero-order chi connectivity index (χ0) is 28.2. The van der Waals surface area contributed by atoms with E-state index < -0.39 is 35.4 Å². The summed E-state index contributed by atoms with van der Waals surface area (Å²) in [6, 6.07) is 14.3. The van der Waals surface area contributed by atoms with Crippen molar-refractivity contribution in [3.8, 4) is 11.5 Å². The van der Waals surface area contributed by atoms with Crippen LogP contribution in [0.15, 0.2) is 74.9 Å². The largest absolute Gasteiger partial charge is 0.486 e.